The second kappa shape index (κ2) is 8.97. The number of ether oxygens (including phenoxy) is 1. The number of alkyl halides is 3. The molecule has 0 unspecified atom stereocenters. The van der Waals surface area contributed by atoms with E-state index in [1.165, 1.54) is 11.0 Å². The van der Waals surface area contributed by atoms with E-state index in [9.17, 15) is 27.6 Å². The maximum absolute atomic E-state index is 12.9. The van der Waals surface area contributed by atoms with Gasteiger partial charge in [0.05, 0.1) is 16.5 Å². The van der Waals surface area contributed by atoms with Gasteiger partial charge in [0.15, 0.2) is 6.61 Å². The van der Waals surface area contributed by atoms with Gasteiger partial charge in [-0.05, 0) is 36.8 Å². The van der Waals surface area contributed by atoms with Gasteiger partial charge in [-0.15, -0.1) is 0 Å². The first kappa shape index (κ1) is 22.6. The van der Waals surface area contributed by atoms with E-state index in [1.54, 1.807) is 12.1 Å². The van der Waals surface area contributed by atoms with Crippen LogP contribution in [0.5, 0.6) is 0 Å². The zero-order valence-corrected chi connectivity index (χ0v) is 17.1. The number of nitrogens with zero attached hydrogens (tertiary/aromatic N) is 1. The Balaban J connectivity index is 1.56. The Morgan fingerprint density at radius 3 is 2.61 bits per heavy atom. The number of amides is 2. The van der Waals surface area contributed by atoms with Crippen molar-refractivity contribution in [3.8, 4) is 0 Å². The number of nitrogens with one attached hydrogen (secondary N) is 1. The lowest BCUT2D eigenvalue weighted by molar-refractivity contribution is -0.151. The van der Waals surface area contributed by atoms with Crippen molar-refractivity contribution < 1.29 is 32.3 Å². The topological polar surface area (TPSA) is 75.7 Å². The van der Waals surface area contributed by atoms with Crippen LogP contribution in [0.15, 0.2) is 42.5 Å². The number of hydrogen-bond donors (Lipinski definition) is 1. The summed E-state index contributed by atoms with van der Waals surface area (Å²) in [4.78, 5) is 38.1. The maximum atomic E-state index is 12.9. The average molecular weight is 455 g/mol. The molecule has 1 saturated heterocycles. The summed E-state index contributed by atoms with van der Waals surface area (Å²) in [5, 5.41) is 1.73. The van der Waals surface area contributed by atoms with Gasteiger partial charge in [-0.25, -0.2) is 0 Å². The Morgan fingerprint density at radius 2 is 1.94 bits per heavy atom. The number of esters is 1. The molecule has 1 atom stereocenters. The molecule has 1 aliphatic heterocycles. The summed E-state index contributed by atoms with van der Waals surface area (Å²) < 4.78 is 43.7. The number of carbonyl (C=O) groups excluding carboxylic acids is 3. The molecule has 0 bridgehead atoms. The largest absolute Gasteiger partial charge is 0.455 e. The first-order valence-corrected chi connectivity index (χ1v) is 9.63. The Bertz CT molecular complexity index is 1030. The number of aryl methyl sites for hydroxylation is 1. The molecule has 0 aliphatic carbocycles. The summed E-state index contributed by atoms with van der Waals surface area (Å²) in [5.74, 6) is -2.52. The highest BCUT2D eigenvalue weighted by Crippen LogP contribution is 2.36. The van der Waals surface area contributed by atoms with Crippen LogP contribution in [-0.4, -0.2) is 30.9 Å². The normalized spacial score (nSPS) is 16.4. The van der Waals surface area contributed by atoms with Crippen LogP contribution in [0.2, 0.25) is 5.02 Å². The molecule has 2 aromatic carbocycles. The Morgan fingerprint density at radius 1 is 1.23 bits per heavy atom. The van der Waals surface area contributed by atoms with Gasteiger partial charge in [-0.1, -0.05) is 29.8 Å². The molecule has 10 heteroatoms. The van der Waals surface area contributed by atoms with Crippen molar-refractivity contribution in [2.45, 2.75) is 19.5 Å². The van der Waals surface area contributed by atoms with Crippen molar-refractivity contribution in [2.75, 3.05) is 23.4 Å². The third-order valence-corrected chi connectivity index (χ3v) is 5.10. The Labute approximate surface area is 180 Å². The second-order valence-corrected chi connectivity index (χ2v) is 7.45. The highest BCUT2D eigenvalue weighted by Gasteiger charge is 2.37. The summed E-state index contributed by atoms with van der Waals surface area (Å²) in [6.07, 6.45) is -4.73. The van der Waals surface area contributed by atoms with E-state index >= 15 is 0 Å². The molecule has 31 heavy (non-hydrogen) atoms. The zero-order valence-electron chi connectivity index (χ0n) is 16.3. The first-order valence-electron chi connectivity index (χ1n) is 9.25. The van der Waals surface area contributed by atoms with Gasteiger partial charge in [-0.2, -0.15) is 13.2 Å². The molecule has 0 radical (unpaired) electrons. The van der Waals surface area contributed by atoms with Gasteiger partial charge in [0, 0.05) is 24.3 Å². The van der Waals surface area contributed by atoms with Gasteiger partial charge in [-0.3, -0.25) is 14.4 Å². The van der Waals surface area contributed by atoms with Crippen molar-refractivity contribution in [3.63, 3.8) is 0 Å². The van der Waals surface area contributed by atoms with Gasteiger partial charge in [0.2, 0.25) is 5.91 Å². The van der Waals surface area contributed by atoms with Crippen LogP contribution in [0.25, 0.3) is 0 Å². The number of anilines is 2. The second-order valence-electron chi connectivity index (χ2n) is 7.04. The lowest BCUT2D eigenvalue weighted by Gasteiger charge is -2.18. The summed E-state index contributed by atoms with van der Waals surface area (Å²) in [5.41, 5.74) is 0.346. The van der Waals surface area contributed by atoms with E-state index in [4.69, 9.17) is 16.3 Å². The van der Waals surface area contributed by atoms with Crippen molar-refractivity contribution in [3.05, 3.63) is 58.6 Å². The van der Waals surface area contributed by atoms with Crippen LogP contribution in [0, 0.1) is 12.8 Å². The summed E-state index contributed by atoms with van der Waals surface area (Å²) in [7, 11) is 0. The van der Waals surface area contributed by atoms with Gasteiger partial charge in [0.1, 0.15) is 0 Å². The molecule has 0 saturated carbocycles. The third-order valence-electron chi connectivity index (χ3n) is 4.77. The average Bonchev–Trinajstić information content (AvgIpc) is 3.08. The van der Waals surface area contributed by atoms with Gasteiger partial charge >= 0.3 is 12.1 Å². The Hall–Kier alpha value is -3.07. The van der Waals surface area contributed by atoms with Crippen LogP contribution in [0.4, 0.5) is 24.5 Å². The van der Waals surface area contributed by atoms with Crippen LogP contribution < -0.4 is 10.2 Å². The van der Waals surface area contributed by atoms with Crippen molar-refractivity contribution >= 4 is 40.8 Å². The lowest BCUT2D eigenvalue weighted by Crippen LogP contribution is -2.28. The molecule has 3 rings (SSSR count). The standard InChI is InChI=1S/C21H18ClF3N2O4/c1-12-4-2-3-5-17(12)27-10-13(8-19(27)29)20(30)31-11-18(28)26-14-6-7-16(22)15(9-14)21(23,24)25/h2-7,9,13H,8,10-11H2,1H3,(H,26,28)/t13-/m0/s1. The SMILES string of the molecule is Cc1ccccc1N1C[C@@H](C(=O)OCC(=O)Nc2ccc(Cl)c(C(F)(F)F)c2)CC1=O. The van der Waals surface area contributed by atoms with Crippen molar-refractivity contribution in [2.24, 2.45) is 5.92 Å². The molecule has 1 N–H and O–H groups in total. The number of carbonyl (C=O) groups is 3. The van der Waals surface area contributed by atoms with Crippen LogP contribution in [0.3, 0.4) is 0 Å². The highest BCUT2D eigenvalue weighted by molar-refractivity contribution is 6.31. The molecule has 2 amide bonds. The quantitative estimate of drug-likeness (QED) is 0.687. The molecule has 164 valence electrons. The van der Waals surface area contributed by atoms with E-state index < -0.39 is 41.2 Å². The Kier molecular flexibility index (Phi) is 6.54. The molecule has 6 nitrogen and oxygen atoms in total. The number of para-hydroxylation sites is 1. The third kappa shape index (κ3) is 5.35. The fourth-order valence-corrected chi connectivity index (χ4v) is 3.46. The number of hydrogen-bond acceptors (Lipinski definition) is 4. The van der Waals surface area contributed by atoms with Gasteiger partial charge in [0.25, 0.3) is 5.91 Å². The summed E-state index contributed by atoms with van der Waals surface area (Å²) in [6.45, 7) is 1.27. The smallest absolute Gasteiger partial charge is 0.417 e. The van der Waals surface area contributed by atoms with Crippen LogP contribution in [0.1, 0.15) is 17.5 Å². The van der Waals surface area contributed by atoms with Crippen LogP contribution >= 0.6 is 11.6 Å². The summed E-state index contributed by atoms with van der Waals surface area (Å²) in [6, 6.07) is 10.1. The zero-order chi connectivity index (χ0) is 22.8. The molecule has 0 spiro atoms. The van der Waals surface area contributed by atoms with E-state index in [0.717, 1.165) is 11.6 Å². The van der Waals surface area contributed by atoms with E-state index in [0.29, 0.717) is 11.8 Å². The number of benzene rings is 2. The minimum atomic E-state index is -4.68. The molecule has 2 aromatic rings. The minimum absolute atomic E-state index is 0.0546. The summed E-state index contributed by atoms with van der Waals surface area (Å²) >= 11 is 5.54. The fraction of sp³-hybridized carbons (Fsp3) is 0.286. The fourth-order valence-electron chi connectivity index (χ4n) is 3.24. The van der Waals surface area contributed by atoms with Crippen molar-refractivity contribution in [1.29, 1.82) is 0 Å². The minimum Gasteiger partial charge on any atom is -0.455 e. The monoisotopic (exact) mass is 454 g/mol. The molecule has 1 heterocycles. The lowest BCUT2D eigenvalue weighted by atomic mass is 10.1. The first-order chi connectivity index (χ1) is 14.6. The highest BCUT2D eigenvalue weighted by atomic mass is 35.5. The predicted octanol–water partition coefficient (Wildman–Crippen LogP) is 4.20. The van der Waals surface area contributed by atoms with E-state index in [-0.39, 0.29) is 24.6 Å². The number of rotatable bonds is 5. The molecule has 1 fully saturated rings. The van der Waals surface area contributed by atoms with Crippen LogP contribution in [-0.2, 0) is 25.3 Å². The molecule has 1 aliphatic rings. The predicted molar refractivity (Wildman–Crippen MR) is 108 cm³/mol. The maximum Gasteiger partial charge on any atom is 0.417 e. The van der Waals surface area contributed by atoms with E-state index in [1.807, 2.05) is 19.1 Å². The molecular weight excluding hydrogens is 437 g/mol. The molecular formula is C21H18ClF3N2O4. The van der Waals surface area contributed by atoms with Crippen molar-refractivity contribution in [1.82, 2.24) is 0 Å². The molecule has 0 aromatic heterocycles. The van der Waals surface area contributed by atoms with Gasteiger partial charge < -0.3 is 15.0 Å². The van der Waals surface area contributed by atoms with E-state index in [2.05, 4.69) is 5.32 Å². The number of halogens is 4.